The molecule has 4 rings (SSSR count). The van der Waals surface area contributed by atoms with Crippen molar-refractivity contribution in [1.29, 1.82) is 5.26 Å². The standard InChI is InChI=1S/C26H26N6OS/c1-17-10-12-19(13-11-17)25-23(34-18(2)30-25)15-24(33)29-14-6-9-22-21(16-27)26(28)32(31-22)20-7-4-3-5-8-20/h3-5,7-8,10-13H,6,9,14-15,28H2,1-2H3,(H,29,33). The zero-order valence-electron chi connectivity index (χ0n) is 19.2. The number of thiazole rings is 1. The van der Waals surface area contributed by atoms with Gasteiger partial charge in [0.2, 0.25) is 5.91 Å². The molecule has 8 heteroatoms. The Bertz CT molecular complexity index is 1330. The summed E-state index contributed by atoms with van der Waals surface area (Å²) in [6.45, 7) is 4.49. The highest BCUT2D eigenvalue weighted by molar-refractivity contribution is 7.12. The maximum atomic E-state index is 12.6. The van der Waals surface area contributed by atoms with Crippen LogP contribution in [0.15, 0.2) is 54.6 Å². The Hall–Kier alpha value is -3.96. The van der Waals surface area contributed by atoms with E-state index in [0.717, 1.165) is 26.8 Å². The van der Waals surface area contributed by atoms with Gasteiger partial charge in [0.05, 0.1) is 28.5 Å². The van der Waals surface area contributed by atoms with Gasteiger partial charge in [-0.1, -0.05) is 48.0 Å². The molecule has 7 nitrogen and oxygen atoms in total. The number of aryl methyl sites for hydroxylation is 3. The van der Waals surface area contributed by atoms with E-state index in [1.807, 2.05) is 56.3 Å². The molecular formula is C26H26N6OS. The molecule has 0 aliphatic carbocycles. The third-order valence-electron chi connectivity index (χ3n) is 5.47. The number of anilines is 1. The van der Waals surface area contributed by atoms with Crippen molar-refractivity contribution in [2.24, 2.45) is 0 Å². The average Bonchev–Trinajstić information content (AvgIpc) is 3.36. The summed E-state index contributed by atoms with van der Waals surface area (Å²) in [4.78, 5) is 18.2. The molecule has 1 amide bonds. The van der Waals surface area contributed by atoms with E-state index < -0.39 is 0 Å². The number of carbonyl (C=O) groups excluding carboxylic acids is 1. The predicted molar refractivity (Wildman–Crippen MR) is 135 cm³/mol. The van der Waals surface area contributed by atoms with Crippen LogP contribution < -0.4 is 11.1 Å². The highest BCUT2D eigenvalue weighted by atomic mass is 32.1. The molecule has 0 atom stereocenters. The van der Waals surface area contributed by atoms with Gasteiger partial charge in [0.15, 0.2) is 0 Å². The minimum Gasteiger partial charge on any atom is -0.382 e. The van der Waals surface area contributed by atoms with Crippen molar-refractivity contribution in [1.82, 2.24) is 20.1 Å². The molecule has 2 aromatic carbocycles. The fourth-order valence-electron chi connectivity index (χ4n) is 3.76. The van der Waals surface area contributed by atoms with E-state index in [1.165, 1.54) is 5.56 Å². The van der Waals surface area contributed by atoms with Crippen LogP contribution in [0, 0.1) is 25.2 Å². The van der Waals surface area contributed by atoms with Crippen LogP contribution in [0.5, 0.6) is 0 Å². The van der Waals surface area contributed by atoms with Crippen molar-refractivity contribution < 1.29 is 4.79 Å². The second-order valence-electron chi connectivity index (χ2n) is 8.07. The molecule has 0 radical (unpaired) electrons. The fourth-order valence-corrected chi connectivity index (χ4v) is 4.72. The Labute approximate surface area is 202 Å². The molecule has 0 aliphatic rings. The normalized spacial score (nSPS) is 10.7. The Morgan fingerprint density at radius 3 is 2.59 bits per heavy atom. The van der Waals surface area contributed by atoms with Gasteiger partial charge in [-0.2, -0.15) is 10.4 Å². The number of nitrogens with zero attached hydrogens (tertiary/aromatic N) is 4. The Balaban J connectivity index is 1.35. The van der Waals surface area contributed by atoms with E-state index in [2.05, 4.69) is 33.6 Å². The molecule has 0 fully saturated rings. The lowest BCUT2D eigenvalue weighted by molar-refractivity contribution is -0.120. The summed E-state index contributed by atoms with van der Waals surface area (Å²) < 4.78 is 1.59. The number of rotatable bonds is 8. The molecule has 0 saturated heterocycles. The van der Waals surface area contributed by atoms with Gasteiger partial charge in [-0.05, 0) is 38.8 Å². The quantitative estimate of drug-likeness (QED) is 0.372. The number of hydrogen-bond acceptors (Lipinski definition) is 6. The summed E-state index contributed by atoms with van der Waals surface area (Å²) in [5, 5.41) is 18.0. The molecule has 0 spiro atoms. The zero-order chi connectivity index (χ0) is 24.1. The minimum absolute atomic E-state index is 0.0492. The van der Waals surface area contributed by atoms with E-state index in [1.54, 1.807) is 16.0 Å². The molecule has 0 unspecified atom stereocenters. The SMILES string of the molecule is Cc1ccc(-c2nc(C)sc2CC(=O)NCCCc2nn(-c3ccccc3)c(N)c2C#N)cc1. The lowest BCUT2D eigenvalue weighted by Crippen LogP contribution is -2.26. The number of carbonyl (C=O) groups is 1. The first-order valence-electron chi connectivity index (χ1n) is 11.1. The molecule has 2 aromatic heterocycles. The minimum atomic E-state index is -0.0492. The van der Waals surface area contributed by atoms with Gasteiger partial charge in [-0.15, -0.1) is 11.3 Å². The largest absolute Gasteiger partial charge is 0.382 e. The molecule has 3 N–H and O–H groups in total. The summed E-state index contributed by atoms with van der Waals surface area (Å²) in [5.41, 5.74) is 11.1. The maximum absolute atomic E-state index is 12.6. The molecule has 2 heterocycles. The third-order valence-corrected chi connectivity index (χ3v) is 6.44. The summed E-state index contributed by atoms with van der Waals surface area (Å²) in [5.74, 6) is 0.281. The number of para-hydroxylation sites is 1. The summed E-state index contributed by atoms with van der Waals surface area (Å²) >= 11 is 1.55. The molecule has 0 bridgehead atoms. The third kappa shape index (κ3) is 5.16. The van der Waals surface area contributed by atoms with Crippen LogP contribution in [0.4, 0.5) is 5.82 Å². The molecule has 0 aliphatic heterocycles. The van der Waals surface area contributed by atoms with Gasteiger partial charge in [0, 0.05) is 17.0 Å². The number of amides is 1. The topological polar surface area (TPSA) is 110 Å². The first kappa shape index (κ1) is 23.2. The van der Waals surface area contributed by atoms with Crippen molar-refractivity contribution in [3.05, 3.63) is 81.3 Å². The average molecular weight is 471 g/mol. The second-order valence-corrected chi connectivity index (χ2v) is 9.35. The smallest absolute Gasteiger partial charge is 0.225 e. The zero-order valence-corrected chi connectivity index (χ0v) is 20.0. The Kier molecular flexibility index (Phi) is 7.04. The van der Waals surface area contributed by atoms with E-state index >= 15 is 0 Å². The monoisotopic (exact) mass is 470 g/mol. The number of nitrogens with two attached hydrogens (primary N) is 1. The first-order valence-corrected chi connectivity index (χ1v) is 11.9. The number of hydrogen-bond donors (Lipinski definition) is 2. The second kappa shape index (κ2) is 10.3. The van der Waals surface area contributed by atoms with Crippen LogP contribution in [-0.4, -0.2) is 27.2 Å². The van der Waals surface area contributed by atoms with Crippen molar-refractivity contribution in [3.8, 4) is 23.0 Å². The van der Waals surface area contributed by atoms with Crippen molar-refractivity contribution in [2.45, 2.75) is 33.1 Å². The van der Waals surface area contributed by atoms with Crippen LogP contribution >= 0.6 is 11.3 Å². The molecule has 172 valence electrons. The molecule has 34 heavy (non-hydrogen) atoms. The number of nitrogen functional groups attached to an aromatic ring is 1. The van der Waals surface area contributed by atoms with Crippen molar-refractivity contribution >= 4 is 23.1 Å². The van der Waals surface area contributed by atoms with Crippen LogP contribution in [0.2, 0.25) is 0 Å². The Morgan fingerprint density at radius 1 is 1.15 bits per heavy atom. The maximum Gasteiger partial charge on any atom is 0.225 e. The van der Waals surface area contributed by atoms with E-state index in [0.29, 0.717) is 36.5 Å². The van der Waals surface area contributed by atoms with E-state index in [4.69, 9.17) is 5.73 Å². The van der Waals surface area contributed by atoms with E-state index in [9.17, 15) is 10.1 Å². The first-order chi connectivity index (χ1) is 16.5. The van der Waals surface area contributed by atoms with Gasteiger partial charge < -0.3 is 11.1 Å². The highest BCUT2D eigenvalue weighted by Gasteiger charge is 2.17. The van der Waals surface area contributed by atoms with E-state index in [-0.39, 0.29) is 12.3 Å². The van der Waals surface area contributed by atoms with Crippen LogP contribution in [-0.2, 0) is 17.6 Å². The lowest BCUT2D eigenvalue weighted by atomic mass is 10.1. The number of aromatic nitrogens is 3. The van der Waals surface area contributed by atoms with Crippen molar-refractivity contribution in [3.63, 3.8) is 0 Å². The molecular weight excluding hydrogens is 444 g/mol. The van der Waals surface area contributed by atoms with Gasteiger partial charge in [0.1, 0.15) is 17.5 Å². The van der Waals surface area contributed by atoms with Gasteiger partial charge in [0.25, 0.3) is 0 Å². The van der Waals surface area contributed by atoms with Crippen LogP contribution in [0.25, 0.3) is 16.9 Å². The summed E-state index contributed by atoms with van der Waals surface area (Å²) in [7, 11) is 0. The number of nitriles is 1. The number of nitrogens with one attached hydrogen (secondary N) is 1. The fraction of sp³-hybridized carbons (Fsp3) is 0.231. The summed E-state index contributed by atoms with van der Waals surface area (Å²) in [6.07, 6.45) is 1.48. The highest BCUT2D eigenvalue weighted by Crippen LogP contribution is 2.29. The summed E-state index contributed by atoms with van der Waals surface area (Å²) in [6, 6.07) is 19.8. The molecule has 0 saturated carbocycles. The molecule has 4 aromatic rings. The van der Waals surface area contributed by atoms with Crippen LogP contribution in [0.3, 0.4) is 0 Å². The van der Waals surface area contributed by atoms with Crippen molar-refractivity contribution in [2.75, 3.05) is 12.3 Å². The van der Waals surface area contributed by atoms with Gasteiger partial charge in [-0.25, -0.2) is 9.67 Å². The van der Waals surface area contributed by atoms with Gasteiger partial charge in [-0.3, -0.25) is 4.79 Å². The predicted octanol–water partition coefficient (Wildman–Crippen LogP) is 4.36. The Morgan fingerprint density at radius 2 is 1.88 bits per heavy atom. The number of benzene rings is 2. The van der Waals surface area contributed by atoms with Crippen LogP contribution in [0.1, 0.15) is 33.1 Å². The lowest BCUT2D eigenvalue weighted by Gasteiger charge is -2.06. The van der Waals surface area contributed by atoms with Gasteiger partial charge >= 0.3 is 0 Å².